The zero-order chi connectivity index (χ0) is 17.7. The first kappa shape index (κ1) is 18.2. The standard InChI is InChI=1S/C18H17F5O/c1-2-3-4-5-12-6-8-13(9-7-12)14-10-11-15(17(20)16(14)19)24-18(21,22)23/h6-11H,2-5H2,1H3. The second-order valence-corrected chi connectivity index (χ2v) is 5.44. The maximum atomic E-state index is 14.0. The Bertz CT molecular complexity index is 677. The molecule has 0 N–H and O–H groups in total. The maximum Gasteiger partial charge on any atom is 0.573 e. The van der Waals surface area contributed by atoms with E-state index in [2.05, 4.69) is 11.7 Å². The summed E-state index contributed by atoms with van der Waals surface area (Å²) < 4.78 is 67.7. The van der Waals surface area contributed by atoms with Crippen molar-refractivity contribution in [1.29, 1.82) is 0 Å². The molecule has 2 aromatic carbocycles. The van der Waals surface area contributed by atoms with Crippen LogP contribution in [-0.4, -0.2) is 6.36 Å². The van der Waals surface area contributed by atoms with E-state index in [9.17, 15) is 22.0 Å². The van der Waals surface area contributed by atoms with Crippen LogP contribution in [0.1, 0.15) is 31.7 Å². The Labute approximate surface area is 137 Å². The molecule has 0 aromatic heterocycles. The summed E-state index contributed by atoms with van der Waals surface area (Å²) in [6, 6.07) is 8.72. The van der Waals surface area contributed by atoms with Gasteiger partial charge in [0.1, 0.15) is 0 Å². The predicted molar refractivity (Wildman–Crippen MR) is 81.7 cm³/mol. The molecule has 24 heavy (non-hydrogen) atoms. The Balaban J connectivity index is 2.21. The maximum absolute atomic E-state index is 14.0. The average Bonchev–Trinajstić information content (AvgIpc) is 2.52. The predicted octanol–water partition coefficient (Wildman–Crippen LogP) is 6.26. The minimum Gasteiger partial charge on any atom is -0.403 e. The fourth-order valence-corrected chi connectivity index (χ4v) is 2.39. The Kier molecular flexibility index (Phi) is 5.80. The van der Waals surface area contributed by atoms with Crippen molar-refractivity contribution in [3.05, 3.63) is 53.6 Å². The van der Waals surface area contributed by atoms with Gasteiger partial charge in [-0.05, 0) is 36.1 Å². The third-order valence-electron chi connectivity index (χ3n) is 3.61. The number of unbranched alkanes of at least 4 members (excludes halogenated alkanes) is 2. The molecule has 0 amide bonds. The molecule has 0 heterocycles. The van der Waals surface area contributed by atoms with Crippen LogP contribution in [0.3, 0.4) is 0 Å². The normalized spacial score (nSPS) is 11.6. The Morgan fingerprint density at radius 2 is 1.54 bits per heavy atom. The summed E-state index contributed by atoms with van der Waals surface area (Å²) in [4.78, 5) is 0. The molecular formula is C18H17F5O. The first-order valence-corrected chi connectivity index (χ1v) is 7.65. The molecule has 0 aliphatic heterocycles. The summed E-state index contributed by atoms with van der Waals surface area (Å²) in [5, 5.41) is 0. The third-order valence-corrected chi connectivity index (χ3v) is 3.61. The minimum atomic E-state index is -5.07. The van der Waals surface area contributed by atoms with Gasteiger partial charge in [0.25, 0.3) is 0 Å². The number of ether oxygens (including phenoxy) is 1. The molecule has 130 valence electrons. The van der Waals surface area contributed by atoms with Crippen molar-refractivity contribution in [2.75, 3.05) is 0 Å². The van der Waals surface area contributed by atoms with Gasteiger partial charge in [-0.15, -0.1) is 13.2 Å². The van der Waals surface area contributed by atoms with Crippen LogP contribution >= 0.6 is 0 Å². The number of hydrogen-bond acceptors (Lipinski definition) is 1. The number of halogens is 5. The molecule has 2 aromatic rings. The summed E-state index contributed by atoms with van der Waals surface area (Å²) in [7, 11) is 0. The van der Waals surface area contributed by atoms with E-state index >= 15 is 0 Å². The number of rotatable bonds is 6. The highest BCUT2D eigenvalue weighted by Gasteiger charge is 2.33. The van der Waals surface area contributed by atoms with Gasteiger partial charge in [-0.1, -0.05) is 44.0 Å². The lowest BCUT2D eigenvalue weighted by atomic mass is 10.0. The van der Waals surface area contributed by atoms with Gasteiger partial charge in [-0.2, -0.15) is 4.39 Å². The molecule has 0 spiro atoms. The van der Waals surface area contributed by atoms with E-state index in [1.54, 1.807) is 12.1 Å². The van der Waals surface area contributed by atoms with Crippen molar-refractivity contribution in [3.8, 4) is 16.9 Å². The zero-order valence-corrected chi connectivity index (χ0v) is 13.1. The average molecular weight is 344 g/mol. The lowest BCUT2D eigenvalue weighted by Crippen LogP contribution is -2.18. The number of aryl methyl sites for hydroxylation is 1. The van der Waals surface area contributed by atoms with E-state index in [4.69, 9.17) is 0 Å². The molecule has 1 nitrogen and oxygen atoms in total. The summed E-state index contributed by atoms with van der Waals surface area (Å²) in [6.45, 7) is 2.10. The van der Waals surface area contributed by atoms with Crippen molar-refractivity contribution in [2.45, 2.75) is 39.0 Å². The zero-order valence-electron chi connectivity index (χ0n) is 13.1. The van der Waals surface area contributed by atoms with Crippen molar-refractivity contribution < 1.29 is 26.7 Å². The van der Waals surface area contributed by atoms with Crippen LogP contribution in [0.15, 0.2) is 36.4 Å². The molecule has 0 saturated carbocycles. The summed E-state index contributed by atoms with van der Waals surface area (Å²) in [6.07, 6.45) is -0.919. The second-order valence-electron chi connectivity index (χ2n) is 5.44. The van der Waals surface area contributed by atoms with E-state index in [1.807, 2.05) is 12.1 Å². The highest BCUT2D eigenvalue weighted by Crippen LogP contribution is 2.32. The van der Waals surface area contributed by atoms with Gasteiger partial charge in [-0.3, -0.25) is 0 Å². The van der Waals surface area contributed by atoms with Crippen LogP contribution in [0.2, 0.25) is 0 Å². The molecule has 0 radical (unpaired) electrons. The molecule has 6 heteroatoms. The topological polar surface area (TPSA) is 9.23 Å². The van der Waals surface area contributed by atoms with Gasteiger partial charge in [0.2, 0.25) is 5.82 Å². The number of benzene rings is 2. The number of alkyl halides is 3. The van der Waals surface area contributed by atoms with Crippen molar-refractivity contribution in [2.24, 2.45) is 0 Å². The Hall–Kier alpha value is -2.11. The smallest absolute Gasteiger partial charge is 0.403 e. The highest BCUT2D eigenvalue weighted by atomic mass is 19.4. The van der Waals surface area contributed by atoms with Gasteiger partial charge in [0.15, 0.2) is 11.6 Å². The van der Waals surface area contributed by atoms with E-state index in [0.29, 0.717) is 5.56 Å². The van der Waals surface area contributed by atoms with Crippen LogP contribution in [0.4, 0.5) is 22.0 Å². The van der Waals surface area contributed by atoms with Crippen LogP contribution < -0.4 is 4.74 Å². The fraction of sp³-hybridized carbons (Fsp3) is 0.333. The molecular weight excluding hydrogens is 327 g/mol. The van der Waals surface area contributed by atoms with Crippen molar-refractivity contribution >= 4 is 0 Å². The largest absolute Gasteiger partial charge is 0.573 e. The molecule has 0 aliphatic rings. The summed E-state index contributed by atoms with van der Waals surface area (Å²) in [5.41, 5.74) is 1.36. The van der Waals surface area contributed by atoms with Crippen LogP contribution in [0.5, 0.6) is 5.75 Å². The molecule has 0 saturated heterocycles. The quantitative estimate of drug-likeness (QED) is 0.444. The fourth-order valence-electron chi connectivity index (χ4n) is 2.39. The SMILES string of the molecule is CCCCCc1ccc(-c2ccc(OC(F)(F)F)c(F)c2F)cc1. The van der Waals surface area contributed by atoms with Crippen LogP contribution in [0.25, 0.3) is 11.1 Å². The summed E-state index contributed by atoms with van der Waals surface area (Å²) in [5.74, 6) is -4.20. The van der Waals surface area contributed by atoms with Gasteiger partial charge in [0.05, 0.1) is 0 Å². The third kappa shape index (κ3) is 4.69. The van der Waals surface area contributed by atoms with Gasteiger partial charge in [0, 0.05) is 5.56 Å². The first-order chi connectivity index (χ1) is 11.3. The molecule has 2 rings (SSSR count). The van der Waals surface area contributed by atoms with Crippen LogP contribution in [0, 0.1) is 11.6 Å². The van der Waals surface area contributed by atoms with E-state index in [1.165, 1.54) is 0 Å². The van der Waals surface area contributed by atoms with E-state index in [-0.39, 0.29) is 5.56 Å². The van der Waals surface area contributed by atoms with Gasteiger partial charge >= 0.3 is 6.36 Å². The van der Waals surface area contributed by atoms with E-state index in [0.717, 1.165) is 43.4 Å². The second kappa shape index (κ2) is 7.64. The highest BCUT2D eigenvalue weighted by molar-refractivity contribution is 5.65. The van der Waals surface area contributed by atoms with Gasteiger partial charge in [-0.25, -0.2) is 4.39 Å². The molecule has 0 unspecified atom stereocenters. The Morgan fingerprint density at radius 3 is 2.12 bits per heavy atom. The van der Waals surface area contributed by atoms with Crippen molar-refractivity contribution in [3.63, 3.8) is 0 Å². The van der Waals surface area contributed by atoms with Crippen LogP contribution in [-0.2, 0) is 6.42 Å². The van der Waals surface area contributed by atoms with E-state index < -0.39 is 23.7 Å². The lowest BCUT2D eigenvalue weighted by molar-refractivity contribution is -0.275. The molecule has 0 aliphatic carbocycles. The first-order valence-electron chi connectivity index (χ1n) is 7.65. The summed E-state index contributed by atoms with van der Waals surface area (Å²) >= 11 is 0. The monoisotopic (exact) mass is 344 g/mol. The van der Waals surface area contributed by atoms with Gasteiger partial charge < -0.3 is 4.74 Å². The molecule has 0 bridgehead atoms. The number of hydrogen-bond donors (Lipinski definition) is 0. The van der Waals surface area contributed by atoms with Crippen molar-refractivity contribution in [1.82, 2.24) is 0 Å². The minimum absolute atomic E-state index is 0.109. The lowest BCUT2D eigenvalue weighted by Gasteiger charge is -2.12. The Morgan fingerprint density at radius 1 is 0.875 bits per heavy atom. The molecule has 0 fully saturated rings. The molecule has 0 atom stereocenters.